The minimum Gasteiger partial charge on any atom is -0.489 e. The highest BCUT2D eigenvalue weighted by Crippen LogP contribution is 2.23. The zero-order chi connectivity index (χ0) is 25.8. The summed E-state index contributed by atoms with van der Waals surface area (Å²) in [6.45, 7) is 6.61. The lowest BCUT2D eigenvalue weighted by molar-refractivity contribution is -0.145. The van der Waals surface area contributed by atoms with E-state index in [1.165, 1.54) is 0 Å². The van der Waals surface area contributed by atoms with E-state index in [0.717, 1.165) is 28.6 Å². The van der Waals surface area contributed by atoms with Gasteiger partial charge >= 0.3 is 5.97 Å². The van der Waals surface area contributed by atoms with Crippen LogP contribution in [-0.4, -0.2) is 22.2 Å². The second kappa shape index (κ2) is 13.7. The van der Waals surface area contributed by atoms with Gasteiger partial charge in [-0.1, -0.05) is 69.7 Å². The SMILES string of the molecule is CC.CCCC(Oc1cccc(COc2cccc(OCc3ccc4ccccc4n3)c2)c1)C(=O)O. The molecule has 0 bridgehead atoms. The van der Waals surface area contributed by atoms with Crippen LogP contribution in [0.15, 0.2) is 84.9 Å². The van der Waals surface area contributed by atoms with Crippen LogP contribution in [0.3, 0.4) is 0 Å². The maximum atomic E-state index is 11.4. The molecule has 0 amide bonds. The van der Waals surface area contributed by atoms with E-state index in [0.29, 0.717) is 36.9 Å². The van der Waals surface area contributed by atoms with E-state index in [2.05, 4.69) is 4.98 Å². The van der Waals surface area contributed by atoms with E-state index in [4.69, 9.17) is 14.2 Å². The van der Waals surface area contributed by atoms with Crippen molar-refractivity contribution in [3.05, 3.63) is 96.2 Å². The lowest BCUT2D eigenvalue weighted by atomic mass is 10.2. The quantitative estimate of drug-likeness (QED) is 0.244. The molecule has 4 rings (SSSR count). The molecule has 1 N–H and O–H groups in total. The van der Waals surface area contributed by atoms with Crippen molar-refractivity contribution in [2.75, 3.05) is 0 Å². The molecule has 0 saturated heterocycles. The van der Waals surface area contributed by atoms with Crippen LogP contribution in [-0.2, 0) is 18.0 Å². The molecule has 188 valence electrons. The van der Waals surface area contributed by atoms with E-state index >= 15 is 0 Å². The number of ether oxygens (including phenoxy) is 3. The molecule has 1 aromatic heterocycles. The lowest BCUT2D eigenvalue weighted by Crippen LogP contribution is -2.26. The molecular weight excluding hydrogens is 454 g/mol. The number of carbonyl (C=O) groups is 1. The van der Waals surface area contributed by atoms with Gasteiger partial charge in [0, 0.05) is 11.5 Å². The summed E-state index contributed by atoms with van der Waals surface area (Å²) in [5, 5.41) is 10.4. The summed E-state index contributed by atoms with van der Waals surface area (Å²) in [4.78, 5) is 16.0. The van der Waals surface area contributed by atoms with Crippen molar-refractivity contribution in [2.24, 2.45) is 0 Å². The molecule has 0 saturated carbocycles. The molecule has 0 radical (unpaired) electrons. The van der Waals surface area contributed by atoms with Gasteiger partial charge in [-0.3, -0.25) is 0 Å². The van der Waals surface area contributed by atoms with Gasteiger partial charge in [-0.2, -0.15) is 0 Å². The summed E-state index contributed by atoms with van der Waals surface area (Å²) >= 11 is 0. The van der Waals surface area contributed by atoms with Crippen molar-refractivity contribution in [1.82, 2.24) is 4.98 Å². The molecule has 1 unspecified atom stereocenters. The molecule has 36 heavy (non-hydrogen) atoms. The van der Waals surface area contributed by atoms with E-state index in [9.17, 15) is 9.90 Å². The first kappa shape index (κ1) is 26.5. The monoisotopic (exact) mass is 487 g/mol. The van der Waals surface area contributed by atoms with Gasteiger partial charge in [0.05, 0.1) is 11.2 Å². The number of pyridine rings is 1. The standard InChI is InChI=1S/C28H27NO5.C2H6/c1-2-7-27(28(30)31)34-25-12-5-8-20(16-25)18-32-23-10-6-11-24(17-23)33-19-22-15-14-21-9-3-4-13-26(21)29-22;1-2/h3-6,8-17,27H,2,7,18-19H2,1H3,(H,30,31);1-2H3. The van der Waals surface area contributed by atoms with Crippen LogP contribution in [0.4, 0.5) is 0 Å². The largest absolute Gasteiger partial charge is 0.489 e. The Morgan fingerprint density at radius 1 is 0.833 bits per heavy atom. The summed E-state index contributed by atoms with van der Waals surface area (Å²) in [5.74, 6) is 0.916. The zero-order valence-corrected chi connectivity index (χ0v) is 21.0. The molecule has 6 nitrogen and oxygen atoms in total. The molecular formula is C30H33NO5. The first-order valence-electron chi connectivity index (χ1n) is 12.3. The van der Waals surface area contributed by atoms with Crippen LogP contribution in [0.25, 0.3) is 10.9 Å². The summed E-state index contributed by atoms with van der Waals surface area (Å²) in [5.41, 5.74) is 2.67. The Morgan fingerprint density at radius 2 is 1.53 bits per heavy atom. The number of para-hydroxylation sites is 1. The molecule has 0 fully saturated rings. The number of carboxylic acid groups (broad SMARTS) is 1. The maximum absolute atomic E-state index is 11.4. The second-order valence-corrected chi connectivity index (χ2v) is 7.93. The average molecular weight is 488 g/mol. The third-order valence-electron chi connectivity index (χ3n) is 5.26. The number of nitrogens with zero attached hydrogens (tertiary/aromatic N) is 1. The van der Waals surface area contributed by atoms with Gasteiger partial charge in [0.2, 0.25) is 0 Å². The van der Waals surface area contributed by atoms with E-state index in [1.807, 2.05) is 93.6 Å². The van der Waals surface area contributed by atoms with E-state index in [1.54, 1.807) is 12.1 Å². The van der Waals surface area contributed by atoms with Crippen LogP contribution >= 0.6 is 0 Å². The van der Waals surface area contributed by atoms with Crippen molar-refractivity contribution in [1.29, 1.82) is 0 Å². The molecule has 0 aliphatic rings. The number of hydrogen-bond donors (Lipinski definition) is 1. The van der Waals surface area contributed by atoms with Gasteiger partial charge < -0.3 is 19.3 Å². The fraction of sp³-hybridized carbons (Fsp3) is 0.267. The Balaban J connectivity index is 0.00000176. The normalized spacial score (nSPS) is 11.2. The Hall–Kier alpha value is -4.06. The predicted molar refractivity (Wildman–Crippen MR) is 142 cm³/mol. The third kappa shape index (κ3) is 7.73. The molecule has 1 atom stereocenters. The van der Waals surface area contributed by atoms with Crippen molar-refractivity contribution in [3.63, 3.8) is 0 Å². The number of hydrogen-bond acceptors (Lipinski definition) is 5. The van der Waals surface area contributed by atoms with Gasteiger partial charge in [-0.15, -0.1) is 0 Å². The first-order chi connectivity index (χ1) is 17.6. The van der Waals surface area contributed by atoms with Crippen molar-refractivity contribution in [2.45, 2.75) is 52.9 Å². The smallest absolute Gasteiger partial charge is 0.344 e. The first-order valence-corrected chi connectivity index (χ1v) is 12.3. The fourth-order valence-corrected chi connectivity index (χ4v) is 3.53. The van der Waals surface area contributed by atoms with Gasteiger partial charge in [-0.05, 0) is 48.4 Å². The number of aliphatic carboxylic acids is 1. The van der Waals surface area contributed by atoms with Gasteiger partial charge in [0.1, 0.15) is 30.5 Å². The molecule has 3 aromatic carbocycles. The average Bonchev–Trinajstić information content (AvgIpc) is 2.92. The zero-order valence-electron chi connectivity index (χ0n) is 21.0. The summed E-state index contributed by atoms with van der Waals surface area (Å²) in [6, 6.07) is 26.7. The molecule has 0 spiro atoms. The van der Waals surface area contributed by atoms with Crippen LogP contribution in [0, 0.1) is 0 Å². The van der Waals surface area contributed by atoms with Crippen LogP contribution in [0.5, 0.6) is 17.2 Å². The molecule has 4 aromatic rings. The molecule has 1 heterocycles. The maximum Gasteiger partial charge on any atom is 0.344 e. The minimum atomic E-state index is -0.959. The number of benzene rings is 3. The highest BCUT2D eigenvalue weighted by molar-refractivity contribution is 5.78. The topological polar surface area (TPSA) is 77.9 Å². The Bertz CT molecular complexity index is 1260. The Morgan fingerprint density at radius 3 is 2.28 bits per heavy atom. The Labute approximate surface area is 212 Å². The van der Waals surface area contributed by atoms with Crippen molar-refractivity contribution in [3.8, 4) is 17.2 Å². The van der Waals surface area contributed by atoms with Gasteiger partial charge in [0.15, 0.2) is 6.10 Å². The third-order valence-corrected chi connectivity index (χ3v) is 5.26. The number of carboxylic acids is 1. The minimum absolute atomic E-state index is 0.318. The highest BCUT2D eigenvalue weighted by Gasteiger charge is 2.18. The summed E-state index contributed by atoms with van der Waals surface area (Å²) in [6.07, 6.45) is 0.333. The van der Waals surface area contributed by atoms with Crippen molar-refractivity contribution >= 4 is 16.9 Å². The second-order valence-electron chi connectivity index (χ2n) is 7.93. The highest BCUT2D eigenvalue weighted by atomic mass is 16.5. The number of aromatic nitrogens is 1. The van der Waals surface area contributed by atoms with E-state index in [-0.39, 0.29) is 0 Å². The molecule has 6 heteroatoms. The number of fused-ring (bicyclic) bond motifs is 1. The lowest BCUT2D eigenvalue weighted by Gasteiger charge is -2.15. The van der Waals surface area contributed by atoms with Crippen molar-refractivity contribution < 1.29 is 24.1 Å². The van der Waals surface area contributed by atoms with Gasteiger partial charge in [-0.25, -0.2) is 9.78 Å². The fourth-order valence-electron chi connectivity index (χ4n) is 3.53. The molecule has 0 aliphatic carbocycles. The van der Waals surface area contributed by atoms with Crippen LogP contribution in [0.2, 0.25) is 0 Å². The summed E-state index contributed by atoms with van der Waals surface area (Å²) < 4.78 is 17.5. The van der Waals surface area contributed by atoms with Gasteiger partial charge in [0.25, 0.3) is 0 Å². The number of rotatable bonds is 11. The summed E-state index contributed by atoms with van der Waals surface area (Å²) in [7, 11) is 0. The predicted octanol–water partition coefficient (Wildman–Crippen LogP) is 7.05. The Kier molecular flexibility index (Phi) is 10.1. The van der Waals surface area contributed by atoms with Crippen LogP contribution in [0.1, 0.15) is 44.9 Å². The molecule has 0 aliphatic heterocycles. The van der Waals surface area contributed by atoms with Crippen LogP contribution < -0.4 is 14.2 Å². The van der Waals surface area contributed by atoms with E-state index < -0.39 is 12.1 Å².